The van der Waals surface area contributed by atoms with E-state index >= 15 is 0 Å². The molecule has 1 amide bonds. The lowest BCUT2D eigenvalue weighted by Gasteiger charge is -2.28. The van der Waals surface area contributed by atoms with Gasteiger partial charge >= 0.3 is 0 Å². The van der Waals surface area contributed by atoms with E-state index in [1.54, 1.807) is 18.2 Å². The predicted octanol–water partition coefficient (Wildman–Crippen LogP) is 3.42. The summed E-state index contributed by atoms with van der Waals surface area (Å²) in [4.78, 5) is 14.9. The zero-order valence-electron chi connectivity index (χ0n) is 17.3. The Morgan fingerprint density at radius 2 is 2.07 bits per heavy atom. The quantitative estimate of drug-likeness (QED) is 0.648. The topological polar surface area (TPSA) is 96.1 Å². The molecule has 1 aromatic carbocycles. The number of ether oxygens (including phenoxy) is 1. The van der Waals surface area contributed by atoms with Gasteiger partial charge in [-0.15, -0.1) is 10.2 Å². The lowest BCUT2D eigenvalue weighted by Crippen LogP contribution is -2.38. The number of benzene rings is 1. The second-order valence-electron chi connectivity index (χ2n) is 7.44. The molecule has 30 heavy (non-hydrogen) atoms. The number of nitrogens with one attached hydrogen (secondary N) is 1. The van der Waals surface area contributed by atoms with Gasteiger partial charge in [-0.3, -0.25) is 9.36 Å². The van der Waals surface area contributed by atoms with Crippen LogP contribution in [0.5, 0.6) is 0 Å². The van der Waals surface area contributed by atoms with Gasteiger partial charge in [0.25, 0.3) is 0 Å². The number of carbonyl (C=O) groups excluding carboxylic acids is 1. The third-order valence-corrected chi connectivity index (χ3v) is 5.94. The zero-order valence-corrected chi connectivity index (χ0v) is 18.8. The Labute approximate surface area is 185 Å². The third-order valence-electron chi connectivity index (χ3n) is 4.55. The average Bonchev–Trinajstić information content (AvgIpc) is 3.10. The fourth-order valence-corrected chi connectivity index (χ4v) is 4.11. The van der Waals surface area contributed by atoms with Crippen molar-refractivity contribution >= 4 is 40.9 Å². The van der Waals surface area contributed by atoms with Crippen LogP contribution in [0.4, 0.5) is 11.6 Å². The van der Waals surface area contributed by atoms with E-state index in [-0.39, 0.29) is 5.91 Å². The normalized spacial score (nSPS) is 15.1. The van der Waals surface area contributed by atoms with Crippen LogP contribution in [0, 0.1) is 17.2 Å². The monoisotopic (exact) mass is 448 g/mol. The van der Waals surface area contributed by atoms with Crippen molar-refractivity contribution in [2.45, 2.75) is 37.7 Å². The molecule has 0 bridgehead atoms. The number of nitriles is 1. The second-order valence-corrected chi connectivity index (χ2v) is 9.16. The smallest absolute Gasteiger partial charge is 0.237 e. The first-order chi connectivity index (χ1) is 14.4. The van der Waals surface area contributed by atoms with E-state index in [4.69, 9.17) is 21.6 Å². The van der Waals surface area contributed by atoms with Gasteiger partial charge in [0.15, 0.2) is 5.16 Å². The van der Waals surface area contributed by atoms with Crippen molar-refractivity contribution in [1.82, 2.24) is 14.8 Å². The molecule has 3 rings (SSSR count). The van der Waals surface area contributed by atoms with Crippen molar-refractivity contribution in [3.05, 3.63) is 28.8 Å². The average molecular weight is 449 g/mol. The molecule has 1 saturated heterocycles. The summed E-state index contributed by atoms with van der Waals surface area (Å²) >= 11 is 7.42. The Morgan fingerprint density at radius 1 is 1.33 bits per heavy atom. The van der Waals surface area contributed by atoms with Crippen LogP contribution in [-0.2, 0) is 16.1 Å². The predicted molar refractivity (Wildman–Crippen MR) is 118 cm³/mol. The van der Waals surface area contributed by atoms with E-state index < -0.39 is 5.25 Å². The Hall–Kier alpha value is -2.28. The maximum Gasteiger partial charge on any atom is 0.237 e. The second kappa shape index (κ2) is 10.2. The highest BCUT2D eigenvalue weighted by atomic mass is 35.5. The molecule has 0 aliphatic carbocycles. The maximum absolute atomic E-state index is 12.7. The third kappa shape index (κ3) is 5.45. The molecule has 2 aromatic rings. The Kier molecular flexibility index (Phi) is 7.58. The number of morpholine rings is 1. The van der Waals surface area contributed by atoms with Crippen LogP contribution < -0.4 is 10.2 Å². The summed E-state index contributed by atoms with van der Waals surface area (Å²) in [6, 6.07) is 6.83. The van der Waals surface area contributed by atoms with E-state index in [1.807, 2.05) is 13.0 Å². The molecule has 1 atom stereocenters. The molecule has 1 fully saturated rings. The van der Waals surface area contributed by atoms with E-state index in [9.17, 15) is 4.79 Å². The molecular weight excluding hydrogens is 424 g/mol. The van der Waals surface area contributed by atoms with E-state index in [2.05, 4.69) is 38.8 Å². The van der Waals surface area contributed by atoms with Gasteiger partial charge in [-0.05, 0) is 31.0 Å². The maximum atomic E-state index is 12.7. The fourth-order valence-electron chi connectivity index (χ4n) is 3.03. The Balaban J connectivity index is 1.72. The lowest BCUT2D eigenvalue weighted by molar-refractivity contribution is -0.115. The molecule has 0 saturated carbocycles. The number of anilines is 2. The number of rotatable bonds is 7. The number of hydrogen-bond acceptors (Lipinski definition) is 7. The summed E-state index contributed by atoms with van der Waals surface area (Å²) in [6.45, 7) is 9.76. The molecule has 2 heterocycles. The fraction of sp³-hybridized carbons (Fsp3) is 0.500. The van der Waals surface area contributed by atoms with Crippen LogP contribution in [0.25, 0.3) is 0 Å². The van der Waals surface area contributed by atoms with Gasteiger partial charge in [-0.25, -0.2) is 0 Å². The van der Waals surface area contributed by atoms with E-state index in [1.165, 1.54) is 11.8 Å². The Morgan fingerprint density at radius 3 is 2.70 bits per heavy atom. The summed E-state index contributed by atoms with van der Waals surface area (Å²) in [6.07, 6.45) is 0. The van der Waals surface area contributed by atoms with Gasteiger partial charge in [0, 0.05) is 25.3 Å². The van der Waals surface area contributed by atoms with Crippen LogP contribution in [0.15, 0.2) is 23.4 Å². The van der Waals surface area contributed by atoms with Gasteiger partial charge < -0.3 is 15.0 Å². The molecule has 1 aromatic heterocycles. The number of halogens is 1. The highest BCUT2D eigenvalue weighted by Gasteiger charge is 2.24. The van der Waals surface area contributed by atoms with Gasteiger partial charge in [0.1, 0.15) is 6.07 Å². The molecule has 10 heteroatoms. The van der Waals surface area contributed by atoms with Crippen molar-refractivity contribution in [3.63, 3.8) is 0 Å². The number of hydrogen-bond donors (Lipinski definition) is 1. The number of nitrogens with zero attached hydrogens (tertiary/aromatic N) is 5. The first-order valence-electron chi connectivity index (χ1n) is 9.82. The van der Waals surface area contributed by atoms with Crippen molar-refractivity contribution in [1.29, 1.82) is 5.26 Å². The van der Waals surface area contributed by atoms with Crippen molar-refractivity contribution in [2.75, 3.05) is 36.5 Å². The minimum atomic E-state index is -0.396. The van der Waals surface area contributed by atoms with Gasteiger partial charge in [0.05, 0.1) is 29.0 Å². The first kappa shape index (κ1) is 22.4. The minimum Gasteiger partial charge on any atom is -0.378 e. The van der Waals surface area contributed by atoms with Crippen LogP contribution in [0.1, 0.15) is 26.3 Å². The standard InChI is InChI=1S/C20H25ClN6O2S/c1-13(2)12-27-19(26-6-8-29-9-7-26)24-25-20(27)30-14(3)18(28)23-16-5-4-15(11-22)17(21)10-16/h4-5,10,13-14H,6-9,12H2,1-3H3,(H,23,28)/t14-/m0/s1. The summed E-state index contributed by atoms with van der Waals surface area (Å²) in [5.41, 5.74) is 0.920. The molecule has 1 aliphatic heterocycles. The van der Waals surface area contributed by atoms with Crippen LogP contribution >= 0.6 is 23.4 Å². The molecule has 0 unspecified atom stereocenters. The van der Waals surface area contributed by atoms with E-state index in [0.29, 0.717) is 40.6 Å². The first-order valence-corrected chi connectivity index (χ1v) is 11.1. The van der Waals surface area contributed by atoms with E-state index in [0.717, 1.165) is 25.6 Å². The lowest BCUT2D eigenvalue weighted by atomic mass is 10.2. The molecular formula is C20H25ClN6O2S. The number of amides is 1. The summed E-state index contributed by atoms with van der Waals surface area (Å²) in [5.74, 6) is 1.05. The summed E-state index contributed by atoms with van der Waals surface area (Å²) in [5, 5.41) is 21.2. The van der Waals surface area contributed by atoms with Gasteiger partial charge in [-0.1, -0.05) is 37.2 Å². The summed E-state index contributed by atoms with van der Waals surface area (Å²) < 4.78 is 7.53. The zero-order chi connectivity index (χ0) is 21.7. The molecule has 1 N–H and O–H groups in total. The largest absolute Gasteiger partial charge is 0.378 e. The summed E-state index contributed by atoms with van der Waals surface area (Å²) in [7, 11) is 0. The Bertz CT molecular complexity index is 936. The van der Waals surface area contributed by atoms with Crippen LogP contribution in [0.2, 0.25) is 5.02 Å². The van der Waals surface area contributed by atoms with Crippen LogP contribution in [0.3, 0.4) is 0 Å². The van der Waals surface area contributed by atoms with Gasteiger partial charge in [0.2, 0.25) is 11.9 Å². The minimum absolute atomic E-state index is 0.173. The molecule has 160 valence electrons. The van der Waals surface area contributed by atoms with Crippen LogP contribution in [-0.4, -0.2) is 52.2 Å². The number of carbonyl (C=O) groups is 1. The molecule has 8 nitrogen and oxygen atoms in total. The SMILES string of the molecule is CC(C)Cn1c(S[C@@H](C)C(=O)Nc2ccc(C#N)c(Cl)c2)nnc1N1CCOCC1. The highest BCUT2D eigenvalue weighted by Crippen LogP contribution is 2.28. The van der Waals surface area contributed by atoms with Gasteiger partial charge in [-0.2, -0.15) is 5.26 Å². The highest BCUT2D eigenvalue weighted by molar-refractivity contribution is 8.00. The molecule has 1 aliphatic rings. The van der Waals surface area contributed by atoms with Crippen molar-refractivity contribution < 1.29 is 9.53 Å². The number of thioether (sulfide) groups is 1. The van der Waals surface area contributed by atoms with Crippen molar-refractivity contribution in [2.24, 2.45) is 5.92 Å². The number of aromatic nitrogens is 3. The molecule has 0 spiro atoms. The van der Waals surface area contributed by atoms with Crippen molar-refractivity contribution in [3.8, 4) is 6.07 Å². The molecule has 0 radical (unpaired) electrons.